The van der Waals surface area contributed by atoms with Crippen molar-refractivity contribution in [3.05, 3.63) is 52.0 Å². The first-order valence-corrected chi connectivity index (χ1v) is 5.69. The Kier molecular flexibility index (Phi) is 3.43. The molecular formula is C11H7BrF4N2. The second-order valence-corrected chi connectivity index (χ2v) is 4.53. The Morgan fingerprint density at radius 2 is 2.00 bits per heavy atom. The summed E-state index contributed by atoms with van der Waals surface area (Å²) in [4.78, 5) is 0. The first-order chi connectivity index (χ1) is 8.36. The zero-order chi connectivity index (χ0) is 13.3. The highest BCUT2D eigenvalue weighted by atomic mass is 79.9. The lowest BCUT2D eigenvalue weighted by Gasteiger charge is -2.04. The molecule has 0 saturated heterocycles. The van der Waals surface area contributed by atoms with Gasteiger partial charge in [0.15, 0.2) is 0 Å². The van der Waals surface area contributed by atoms with Gasteiger partial charge in [0.25, 0.3) is 0 Å². The monoisotopic (exact) mass is 322 g/mol. The largest absolute Gasteiger partial charge is 0.419 e. The van der Waals surface area contributed by atoms with Crippen molar-refractivity contribution in [3.8, 4) is 0 Å². The Morgan fingerprint density at radius 1 is 1.28 bits per heavy atom. The van der Waals surface area contributed by atoms with Crippen LogP contribution in [0.5, 0.6) is 0 Å². The van der Waals surface area contributed by atoms with Crippen molar-refractivity contribution >= 4 is 15.9 Å². The van der Waals surface area contributed by atoms with E-state index in [0.29, 0.717) is 5.56 Å². The normalized spacial score (nSPS) is 11.8. The fourth-order valence-corrected chi connectivity index (χ4v) is 1.85. The maximum absolute atomic E-state index is 13.0. The van der Waals surface area contributed by atoms with Crippen LogP contribution in [-0.2, 0) is 12.7 Å². The standard InChI is InChI=1S/C11H7BrF4N2/c12-9-3-7(1-2-10(9)13)5-18-6-8(4-17-18)11(14,15)16/h1-4,6H,5H2. The SMILES string of the molecule is Fc1ccc(Cn2cc(C(F)(F)F)cn2)cc1Br. The molecule has 0 unspecified atom stereocenters. The number of halogens is 5. The summed E-state index contributed by atoms with van der Waals surface area (Å²) >= 11 is 3.01. The third-order valence-corrected chi connectivity index (χ3v) is 2.90. The van der Waals surface area contributed by atoms with Crippen molar-refractivity contribution in [2.24, 2.45) is 0 Å². The van der Waals surface area contributed by atoms with E-state index in [2.05, 4.69) is 21.0 Å². The van der Waals surface area contributed by atoms with Crippen molar-refractivity contribution in [1.29, 1.82) is 0 Å². The van der Waals surface area contributed by atoms with Crippen molar-refractivity contribution in [1.82, 2.24) is 9.78 Å². The first-order valence-electron chi connectivity index (χ1n) is 4.90. The molecule has 0 aliphatic heterocycles. The van der Waals surface area contributed by atoms with Gasteiger partial charge in [-0.15, -0.1) is 0 Å². The average Bonchev–Trinajstić information content (AvgIpc) is 2.72. The second-order valence-electron chi connectivity index (χ2n) is 3.67. The third-order valence-electron chi connectivity index (χ3n) is 2.29. The Morgan fingerprint density at radius 3 is 2.56 bits per heavy atom. The molecule has 96 valence electrons. The molecule has 2 rings (SSSR count). The van der Waals surface area contributed by atoms with Crippen LogP contribution in [0.1, 0.15) is 11.1 Å². The maximum atomic E-state index is 13.0. The van der Waals surface area contributed by atoms with Gasteiger partial charge in [0.1, 0.15) is 5.82 Å². The summed E-state index contributed by atoms with van der Waals surface area (Å²) in [5.41, 5.74) is -0.149. The molecule has 0 aliphatic carbocycles. The third kappa shape index (κ3) is 2.90. The van der Waals surface area contributed by atoms with Gasteiger partial charge in [0, 0.05) is 6.20 Å². The summed E-state index contributed by atoms with van der Waals surface area (Å²) in [7, 11) is 0. The lowest BCUT2D eigenvalue weighted by atomic mass is 10.2. The molecule has 1 heterocycles. The average molecular weight is 323 g/mol. The van der Waals surface area contributed by atoms with Crippen molar-refractivity contribution in [2.75, 3.05) is 0 Å². The van der Waals surface area contributed by atoms with Crippen LogP contribution in [0.3, 0.4) is 0 Å². The number of benzene rings is 1. The van der Waals surface area contributed by atoms with E-state index in [9.17, 15) is 17.6 Å². The van der Waals surface area contributed by atoms with Gasteiger partial charge >= 0.3 is 6.18 Å². The molecule has 2 nitrogen and oxygen atoms in total. The van der Waals surface area contributed by atoms with E-state index in [0.717, 1.165) is 17.1 Å². The van der Waals surface area contributed by atoms with Crippen LogP contribution in [0.25, 0.3) is 0 Å². The van der Waals surface area contributed by atoms with Crippen LogP contribution < -0.4 is 0 Å². The number of hydrogen-bond acceptors (Lipinski definition) is 1. The minimum Gasteiger partial charge on any atom is -0.268 e. The van der Waals surface area contributed by atoms with Gasteiger partial charge in [-0.05, 0) is 33.6 Å². The van der Waals surface area contributed by atoms with Gasteiger partial charge in [-0.3, -0.25) is 4.68 Å². The Hall–Kier alpha value is -1.37. The first kappa shape index (κ1) is 13.1. The predicted octanol–water partition coefficient (Wildman–Crippen LogP) is 3.85. The molecule has 2 aromatic rings. The molecule has 0 fully saturated rings. The molecule has 1 aromatic heterocycles. The molecule has 18 heavy (non-hydrogen) atoms. The highest BCUT2D eigenvalue weighted by Crippen LogP contribution is 2.28. The number of alkyl halides is 3. The van der Waals surface area contributed by atoms with E-state index in [1.807, 2.05) is 0 Å². The Bertz CT molecular complexity index is 562. The lowest BCUT2D eigenvalue weighted by Crippen LogP contribution is -2.04. The molecule has 0 spiro atoms. The molecule has 1 aromatic carbocycles. The van der Waals surface area contributed by atoms with Crippen LogP contribution in [0.4, 0.5) is 17.6 Å². The summed E-state index contributed by atoms with van der Waals surface area (Å²) in [6, 6.07) is 4.24. The fraction of sp³-hybridized carbons (Fsp3) is 0.182. The highest BCUT2D eigenvalue weighted by molar-refractivity contribution is 9.10. The van der Waals surface area contributed by atoms with Crippen LogP contribution in [0.15, 0.2) is 35.1 Å². The van der Waals surface area contributed by atoms with Gasteiger partial charge in [-0.25, -0.2) is 4.39 Å². The topological polar surface area (TPSA) is 17.8 Å². The molecule has 0 atom stereocenters. The van der Waals surface area contributed by atoms with Gasteiger partial charge in [0.2, 0.25) is 0 Å². The van der Waals surface area contributed by atoms with E-state index in [1.165, 1.54) is 18.2 Å². The molecular weight excluding hydrogens is 316 g/mol. The molecule has 0 radical (unpaired) electrons. The smallest absolute Gasteiger partial charge is 0.268 e. The number of nitrogens with zero attached hydrogens (tertiary/aromatic N) is 2. The minimum atomic E-state index is -4.40. The molecule has 0 aliphatic rings. The number of rotatable bonds is 2. The molecule has 0 amide bonds. The van der Waals surface area contributed by atoms with Gasteiger partial charge in [0.05, 0.1) is 22.8 Å². The zero-order valence-electron chi connectivity index (χ0n) is 8.88. The van der Waals surface area contributed by atoms with Crippen molar-refractivity contribution in [3.63, 3.8) is 0 Å². The van der Waals surface area contributed by atoms with Crippen LogP contribution in [0.2, 0.25) is 0 Å². The maximum Gasteiger partial charge on any atom is 0.419 e. The van der Waals surface area contributed by atoms with Gasteiger partial charge in [-0.2, -0.15) is 18.3 Å². The summed E-state index contributed by atoms with van der Waals surface area (Å²) in [5, 5.41) is 3.62. The summed E-state index contributed by atoms with van der Waals surface area (Å²) < 4.78 is 51.4. The van der Waals surface area contributed by atoms with Crippen LogP contribution in [0, 0.1) is 5.82 Å². The molecule has 0 N–H and O–H groups in total. The fourth-order valence-electron chi connectivity index (χ4n) is 1.42. The summed E-state index contributed by atoms with van der Waals surface area (Å²) in [6.45, 7) is 0.148. The number of aromatic nitrogens is 2. The summed E-state index contributed by atoms with van der Waals surface area (Å²) in [5.74, 6) is -0.421. The molecule has 0 bridgehead atoms. The second kappa shape index (κ2) is 4.72. The van der Waals surface area contributed by atoms with E-state index in [4.69, 9.17) is 0 Å². The summed E-state index contributed by atoms with van der Waals surface area (Å²) in [6.07, 6.45) is -2.72. The lowest BCUT2D eigenvalue weighted by molar-refractivity contribution is -0.137. The molecule has 0 saturated carbocycles. The van der Waals surface area contributed by atoms with Crippen molar-refractivity contribution < 1.29 is 17.6 Å². The zero-order valence-corrected chi connectivity index (χ0v) is 10.5. The van der Waals surface area contributed by atoms with E-state index in [-0.39, 0.29) is 11.0 Å². The van der Waals surface area contributed by atoms with E-state index < -0.39 is 17.6 Å². The number of hydrogen-bond donors (Lipinski definition) is 0. The van der Waals surface area contributed by atoms with Gasteiger partial charge in [-0.1, -0.05) is 6.07 Å². The predicted molar refractivity (Wildman–Crippen MR) is 60.4 cm³/mol. The van der Waals surface area contributed by atoms with E-state index in [1.54, 1.807) is 0 Å². The van der Waals surface area contributed by atoms with Crippen LogP contribution >= 0.6 is 15.9 Å². The van der Waals surface area contributed by atoms with E-state index >= 15 is 0 Å². The Balaban J connectivity index is 2.19. The van der Waals surface area contributed by atoms with Gasteiger partial charge < -0.3 is 0 Å². The molecule has 7 heteroatoms. The quantitative estimate of drug-likeness (QED) is 0.768. The minimum absolute atomic E-state index is 0.148. The highest BCUT2D eigenvalue weighted by Gasteiger charge is 2.32. The Labute approximate surface area is 108 Å². The van der Waals surface area contributed by atoms with Crippen LogP contribution in [-0.4, -0.2) is 9.78 Å². The van der Waals surface area contributed by atoms with Crippen molar-refractivity contribution in [2.45, 2.75) is 12.7 Å².